The molecule has 1 unspecified atom stereocenters. The summed E-state index contributed by atoms with van der Waals surface area (Å²) in [6, 6.07) is 6.72. The van der Waals surface area contributed by atoms with E-state index in [1.165, 1.54) is 24.3 Å². The second kappa shape index (κ2) is 14.0. The normalized spacial score (nSPS) is 15.7. The predicted octanol–water partition coefficient (Wildman–Crippen LogP) is 7.32. The van der Waals surface area contributed by atoms with Gasteiger partial charge in [-0.3, -0.25) is 4.79 Å². The number of benzene rings is 2. The molecule has 0 saturated carbocycles. The number of nitrogens with zero attached hydrogens (tertiary/aromatic N) is 1. The molecule has 0 radical (unpaired) electrons. The van der Waals surface area contributed by atoms with Crippen molar-refractivity contribution in [3.8, 4) is 0 Å². The van der Waals surface area contributed by atoms with E-state index in [1.54, 1.807) is 25.7 Å². The fourth-order valence-corrected chi connectivity index (χ4v) is 4.67. The van der Waals surface area contributed by atoms with Crippen LogP contribution in [0.25, 0.3) is 0 Å². The van der Waals surface area contributed by atoms with Crippen molar-refractivity contribution in [1.82, 2.24) is 10.2 Å². The van der Waals surface area contributed by atoms with Crippen LogP contribution in [0.3, 0.4) is 0 Å². The van der Waals surface area contributed by atoms with Crippen LogP contribution in [0.15, 0.2) is 42.5 Å². The summed E-state index contributed by atoms with van der Waals surface area (Å²) in [7, 11) is 0. The average molecular weight is 621 g/mol. The van der Waals surface area contributed by atoms with Crippen molar-refractivity contribution in [3.05, 3.63) is 70.5 Å². The standard InChI is InChI=1S/C30H35F7N2O4/c1-28(2,3)43-27(41)39-12-9-21(10-13-39)26(40)38-11-8-22(20-4-6-25(31)7-5-20)18-42-17-19-14-23(29(32,33)34)16-24(15-19)30(35,36)37/h4-7,14-16,21-22H,8-13,17-18H2,1-3H3,(H,38,40). The zero-order valence-corrected chi connectivity index (χ0v) is 24.1. The molecule has 0 bridgehead atoms. The van der Waals surface area contributed by atoms with Crippen LogP contribution >= 0.6 is 0 Å². The van der Waals surface area contributed by atoms with E-state index < -0.39 is 53.5 Å². The number of carbonyl (C=O) groups is 2. The maximum atomic E-state index is 13.5. The first-order valence-electron chi connectivity index (χ1n) is 13.8. The van der Waals surface area contributed by atoms with Gasteiger partial charge in [0.25, 0.3) is 0 Å². The van der Waals surface area contributed by atoms with Gasteiger partial charge in [-0.15, -0.1) is 0 Å². The van der Waals surface area contributed by atoms with Gasteiger partial charge >= 0.3 is 18.4 Å². The van der Waals surface area contributed by atoms with Crippen LogP contribution in [-0.2, 0) is 33.2 Å². The van der Waals surface area contributed by atoms with E-state index in [4.69, 9.17) is 9.47 Å². The summed E-state index contributed by atoms with van der Waals surface area (Å²) in [6.45, 7) is 5.60. The minimum absolute atomic E-state index is 0.0505. The quantitative estimate of drug-likeness (QED) is 0.299. The van der Waals surface area contributed by atoms with E-state index in [0.717, 1.165) is 0 Å². The molecule has 13 heteroatoms. The lowest BCUT2D eigenvalue weighted by Gasteiger charge is -2.33. The van der Waals surface area contributed by atoms with Crippen molar-refractivity contribution in [2.75, 3.05) is 26.2 Å². The number of likely N-dealkylation sites (tertiary alicyclic amines) is 1. The summed E-state index contributed by atoms with van der Waals surface area (Å²) in [5.74, 6) is -1.45. The van der Waals surface area contributed by atoms with Crippen LogP contribution in [0, 0.1) is 11.7 Å². The Balaban J connectivity index is 1.58. The van der Waals surface area contributed by atoms with Crippen molar-refractivity contribution < 1.29 is 49.8 Å². The Bertz CT molecular complexity index is 1200. The van der Waals surface area contributed by atoms with Gasteiger partial charge in [0, 0.05) is 31.5 Å². The van der Waals surface area contributed by atoms with Crippen LogP contribution in [-0.4, -0.2) is 48.7 Å². The van der Waals surface area contributed by atoms with Crippen molar-refractivity contribution >= 4 is 12.0 Å². The molecular weight excluding hydrogens is 585 g/mol. The molecule has 1 aliphatic heterocycles. The van der Waals surface area contributed by atoms with Gasteiger partial charge in [-0.05, 0) is 81.5 Å². The zero-order chi connectivity index (χ0) is 32.0. The third-order valence-electron chi connectivity index (χ3n) is 6.89. The summed E-state index contributed by atoms with van der Waals surface area (Å²) in [6.07, 6.45) is -9.17. The number of carbonyl (C=O) groups excluding carboxylic acids is 2. The molecule has 1 aliphatic rings. The number of nitrogens with one attached hydrogen (secondary N) is 1. The van der Waals surface area contributed by atoms with Crippen LogP contribution in [0.2, 0.25) is 0 Å². The Labute approximate surface area is 245 Å². The summed E-state index contributed by atoms with van der Waals surface area (Å²) >= 11 is 0. The van der Waals surface area contributed by atoms with Crippen molar-refractivity contribution in [3.63, 3.8) is 0 Å². The second-order valence-electron chi connectivity index (χ2n) is 11.5. The number of hydrogen-bond acceptors (Lipinski definition) is 4. The number of alkyl halides is 6. The van der Waals surface area contributed by atoms with Crippen LogP contribution in [0.1, 0.15) is 68.2 Å². The fourth-order valence-electron chi connectivity index (χ4n) is 4.67. The molecule has 6 nitrogen and oxygen atoms in total. The van der Waals surface area contributed by atoms with Crippen molar-refractivity contribution in [2.45, 2.75) is 70.5 Å². The van der Waals surface area contributed by atoms with Crippen molar-refractivity contribution in [1.29, 1.82) is 0 Å². The first-order chi connectivity index (χ1) is 19.9. The lowest BCUT2D eigenvalue weighted by atomic mass is 9.94. The van der Waals surface area contributed by atoms with Gasteiger partial charge in [0.05, 0.1) is 24.3 Å². The predicted molar refractivity (Wildman–Crippen MR) is 143 cm³/mol. The fraction of sp³-hybridized carbons (Fsp3) is 0.533. The Morgan fingerprint density at radius 3 is 2.00 bits per heavy atom. The van der Waals surface area contributed by atoms with E-state index in [1.807, 2.05) is 0 Å². The maximum absolute atomic E-state index is 13.5. The molecule has 0 aliphatic carbocycles. The number of hydrogen-bond donors (Lipinski definition) is 1. The molecule has 0 spiro atoms. The largest absolute Gasteiger partial charge is 0.444 e. The molecule has 1 fully saturated rings. The van der Waals surface area contributed by atoms with Gasteiger partial charge in [0.2, 0.25) is 5.91 Å². The molecule has 3 rings (SSSR count). The van der Waals surface area contributed by atoms with E-state index in [2.05, 4.69) is 5.32 Å². The highest BCUT2D eigenvalue weighted by Crippen LogP contribution is 2.36. The van der Waals surface area contributed by atoms with E-state index in [-0.39, 0.29) is 36.6 Å². The first-order valence-corrected chi connectivity index (χ1v) is 13.8. The highest BCUT2D eigenvalue weighted by atomic mass is 19.4. The summed E-state index contributed by atoms with van der Waals surface area (Å²) in [5, 5.41) is 2.85. The minimum Gasteiger partial charge on any atom is -0.444 e. The van der Waals surface area contributed by atoms with E-state index in [9.17, 15) is 40.3 Å². The summed E-state index contributed by atoms with van der Waals surface area (Å²) in [4.78, 5) is 26.6. The topological polar surface area (TPSA) is 67.9 Å². The number of piperidine rings is 1. The molecule has 43 heavy (non-hydrogen) atoms. The molecule has 0 aromatic heterocycles. The first kappa shape index (κ1) is 34.1. The number of amides is 2. The Kier molecular flexibility index (Phi) is 11.1. The molecule has 2 aromatic carbocycles. The van der Waals surface area contributed by atoms with Gasteiger partial charge in [-0.1, -0.05) is 12.1 Å². The molecule has 1 N–H and O–H groups in total. The highest BCUT2D eigenvalue weighted by molar-refractivity contribution is 5.79. The number of ether oxygens (including phenoxy) is 2. The zero-order valence-electron chi connectivity index (χ0n) is 24.1. The highest BCUT2D eigenvalue weighted by Gasteiger charge is 2.37. The van der Waals surface area contributed by atoms with Crippen LogP contribution in [0.5, 0.6) is 0 Å². The van der Waals surface area contributed by atoms with Gasteiger partial charge in [-0.2, -0.15) is 26.3 Å². The molecular formula is C30H35F7N2O4. The lowest BCUT2D eigenvalue weighted by molar-refractivity contribution is -0.143. The van der Waals surface area contributed by atoms with Gasteiger partial charge < -0.3 is 19.7 Å². The van der Waals surface area contributed by atoms with Gasteiger partial charge in [-0.25, -0.2) is 9.18 Å². The SMILES string of the molecule is CC(C)(C)OC(=O)N1CCC(C(=O)NCCC(COCc2cc(C(F)(F)F)cc(C(F)(F)F)c2)c2ccc(F)cc2)CC1. The van der Waals surface area contributed by atoms with E-state index in [0.29, 0.717) is 50.0 Å². The average Bonchev–Trinajstić information content (AvgIpc) is 2.90. The number of rotatable bonds is 9. The Morgan fingerprint density at radius 1 is 0.930 bits per heavy atom. The Morgan fingerprint density at radius 2 is 1.49 bits per heavy atom. The van der Waals surface area contributed by atoms with Crippen LogP contribution < -0.4 is 5.32 Å². The van der Waals surface area contributed by atoms with Gasteiger partial charge in [0.15, 0.2) is 0 Å². The molecule has 2 amide bonds. The summed E-state index contributed by atoms with van der Waals surface area (Å²) in [5.41, 5.74) is -3.17. The Hall–Kier alpha value is -3.35. The molecule has 1 saturated heterocycles. The molecule has 2 aromatic rings. The minimum atomic E-state index is -4.97. The van der Waals surface area contributed by atoms with Gasteiger partial charge in [0.1, 0.15) is 11.4 Å². The maximum Gasteiger partial charge on any atom is 0.416 e. The molecule has 1 heterocycles. The van der Waals surface area contributed by atoms with Crippen LogP contribution in [0.4, 0.5) is 35.5 Å². The molecule has 238 valence electrons. The van der Waals surface area contributed by atoms with Crippen molar-refractivity contribution in [2.24, 2.45) is 5.92 Å². The second-order valence-corrected chi connectivity index (χ2v) is 11.5. The monoisotopic (exact) mass is 620 g/mol. The third kappa shape index (κ3) is 10.7. The van der Waals surface area contributed by atoms with E-state index >= 15 is 0 Å². The summed E-state index contributed by atoms with van der Waals surface area (Å²) < 4.78 is 104. The lowest BCUT2D eigenvalue weighted by Crippen LogP contribution is -2.45. The third-order valence-corrected chi connectivity index (χ3v) is 6.89. The smallest absolute Gasteiger partial charge is 0.416 e. The molecule has 1 atom stereocenters. The number of halogens is 7.